The lowest BCUT2D eigenvalue weighted by Gasteiger charge is -2.12. The van der Waals surface area contributed by atoms with Crippen molar-refractivity contribution in [1.82, 2.24) is 0 Å². The van der Waals surface area contributed by atoms with E-state index in [2.05, 4.69) is 17.6 Å². The number of amides is 1. The second kappa shape index (κ2) is 13.8. The Morgan fingerprint density at radius 1 is 0.879 bits per heavy atom. The smallest absolute Gasteiger partial charge is 0.397 e. The number of unbranched alkanes of at least 4 members (excludes halogenated alkanes) is 8. The molecule has 182 valence electrons. The summed E-state index contributed by atoms with van der Waals surface area (Å²) in [5.41, 5.74) is 7.85. The number of nitrogen functional groups attached to an aromatic ring is 1. The Balaban J connectivity index is 1.69. The Morgan fingerprint density at radius 3 is 2.06 bits per heavy atom. The molecule has 2 aromatic carbocycles. The van der Waals surface area contributed by atoms with Crippen molar-refractivity contribution in [2.45, 2.75) is 83.9 Å². The van der Waals surface area contributed by atoms with Crippen LogP contribution < -0.4 is 16.4 Å². The summed E-state index contributed by atoms with van der Waals surface area (Å²) in [7, 11) is 0. The van der Waals surface area contributed by atoms with Crippen molar-refractivity contribution in [2.24, 2.45) is 0 Å². The lowest BCUT2D eigenvalue weighted by Crippen LogP contribution is -2.12. The fourth-order valence-electron chi connectivity index (χ4n) is 3.61. The topological polar surface area (TPSA) is 67.2 Å². The Hall–Kier alpha value is -2.70. The number of hydrogen-bond donors (Lipinski definition) is 3. The van der Waals surface area contributed by atoms with E-state index < -0.39 is 11.7 Å². The van der Waals surface area contributed by atoms with Crippen LogP contribution >= 0.6 is 0 Å². The van der Waals surface area contributed by atoms with E-state index in [1.54, 1.807) is 18.2 Å². The lowest BCUT2D eigenvalue weighted by atomic mass is 10.1. The van der Waals surface area contributed by atoms with Gasteiger partial charge in [-0.15, -0.1) is 0 Å². The van der Waals surface area contributed by atoms with Crippen LogP contribution in [0.5, 0.6) is 0 Å². The number of alkyl halides is 3. The molecule has 2 aromatic rings. The Bertz CT molecular complexity index is 851. The first-order valence-electron chi connectivity index (χ1n) is 11.9. The van der Waals surface area contributed by atoms with Crippen LogP contribution in [0.2, 0.25) is 0 Å². The van der Waals surface area contributed by atoms with Gasteiger partial charge in [-0.05, 0) is 42.3 Å². The first kappa shape index (κ1) is 26.6. The van der Waals surface area contributed by atoms with E-state index in [4.69, 9.17) is 5.73 Å². The summed E-state index contributed by atoms with van der Waals surface area (Å²) in [6, 6.07) is 10.3. The summed E-state index contributed by atoms with van der Waals surface area (Å²) in [6.07, 6.45) is 6.96. The van der Waals surface area contributed by atoms with Crippen molar-refractivity contribution in [3.8, 4) is 0 Å². The zero-order chi connectivity index (χ0) is 24.1. The van der Waals surface area contributed by atoms with Crippen LogP contribution in [0.3, 0.4) is 0 Å². The fourth-order valence-corrected chi connectivity index (χ4v) is 3.61. The molecule has 4 nitrogen and oxygen atoms in total. The highest BCUT2D eigenvalue weighted by atomic mass is 19.4. The summed E-state index contributed by atoms with van der Waals surface area (Å²) in [6.45, 7) is 2.58. The van der Waals surface area contributed by atoms with Gasteiger partial charge < -0.3 is 16.4 Å². The number of carbonyl (C=O) groups is 1. The van der Waals surface area contributed by atoms with E-state index in [0.29, 0.717) is 24.3 Å². The molecule has 0 unspecified atom stereocenters. The molecule has 2 rings (SSSR count). The van der Waals surface area contributed by atoms with Crippen LogP contribution in [0.4, 0.5) is 30.2 Å². The third-order valence-electron chi connectivity index (χ3n) is 5.61. The summed E-state index contributed by atoms with van der Waals surface area (Å²) in [5.74, 6) is -0.0462. The van der Waals surface area contributed by atoms with Crippen LogP contribution in [-0.4, -0.2) is 5.91 Å². The number of anilines is 3. The third kappa shape index (κ3) is 10.2. The first-order valence-corrected chi connectivity index (χ1v) is 11.9. The molecule has 1 amide bonds. The van der Waals surface area contributed by atoms with Crippen molar-refractivity contribution < 1.29 is 18.0 Å². The number of halogens is 3. The standard InChI is InChI=1S/C26H36F3N3O/c1-2-3-4-5-6-7-8-9-10-11-25(33)32-24-17-16-22(18-23(24)30)31-19-20-12-14-21(15-13-20)26(27,28)29/h12-18,31H,2-11,19,30H2,1H3,(H,32,33). The van der Waals surface area contributed by atoms with Gasteiger partial charge in [-0.3, -0.25) is 4.79 Å². The molecule has 0 radical (unpaired) electrons. The van der Waals surface area contributed by atoms with Gasteiger partial charge >= 0.3 is 6.18 Å². The van der Waals surface area contributed by atoms with E-state index >= 15 is 0 Å². The number of rotatable bonds is 14. The van der Waals surface area contributed by atoms with E-state index in [1.807, 2.05) is 0 Å². The van der Waals surface area contributed by atoms with Crippen molar-refractivity contribution >= 4 is 23.0 Å². The third-order valence-corrected chi connectivity index (χ3v) is 5.61. The summed E-state index contributed by atoms with van der Waals surface area (Å²) in [4.78, 5) is 12.2. The summed E-state index contributed by atoms with van der Waals surface area (Å²) < 4.78 is 37.9. The molecule has 0 bridgehead atoms. The Labute approximate surface area is 195 Å². The number of nitrogens with two attached hydrogens (primary N) is 1. The zero-order valence-electron chi connectivity index (χ0n) is 19.4. The second-order valence-electron chi connectivity index (χ2n) is 8.48. The molecule has 7 heteroatoms. The predicted molar refractivity (Wildman–Crippen MR) is 130 cm³/mol. The van der Waals surface area contributed by atoms with Gasteiger partial charge in [-0.1, -0.05) is 70.4 Å². The van der Waals surface area contributed by atoms with Crippen LogP contribution in [0.15, 0.2) is 42.5 Å². The van der Waals surface area contributed by atoms with Gasteiger partial charge in [0, 0.05) is 18.7 Å². The normalized spacial score (nSPS) is 11.4. The quantitative estimate of drug-likeness (QED) is 0.198. The van der Waals surface area contributed by atoms with Gasteiger partial charge in [0.2, 0.25) is 5.91 Å². The minimum atomic E-state index is -4.34. The largest absolute Gasteiger partial charge is 0.416 e. The maximum Gasteiger partial charge on any atom is 0.416 e. The summed E-state index contributed by atoms with van der Waals surface area (Å²) in [5, 5.41) is 5.99. The molecular weight excluding hydrogens is 427 g/mol. The molecule has 0 aromatic heterocycles. The molecular formula is C26H36F3N3O. The van der Waals surface area contributed by atoms with Crippen LogP contribution in [0.1, 0.15) is 82.3 Å². The number of carbonyl (C=O) groups excluding carboxylic acids is 1. The van der Waals surface area contributed by atoms with Gasteiger partial charge in [-0.2, -0.15) is 13.2 Å². The Kier molecular flexibility index (Phi) is 11.1. The van der Waals surface area contributed by atoms with Crippen LogP contribution in [0.25, 0.3) is 0 Å². The van der Waals surface area contributed by atoms with Crippen LogP contribution in [-0.2, 0) is 17.5 Å². The van der Waals surface area contributed by atoms with Gasteiger partial charge in [0.05, 0.1) is 16.9 Å². The van der Waals surface area contributed by atoms with E-state index in [-0.39, 0.29) is 5.91 Å². The fraction of sp³-hybridized carbons (Fsp3) is 0.500. The van der Waals surface area contributed by atoms with Crippen molar-refractivity contribution in [3.63, 3.8) is 0 Å². The van der Waals surface area contributed by atoms with Gasteiger partial charge in [0.1, 0.15) is 0 Å². The average molecular weight is 464 g/mol. The zero-order valence-corrected chi connectivity index (χ0v) is 19.4. The molecule has 0 saturated carbocycles. The maximum atomic E-state index is 12.6. The van der Waals surface area contributed by atoms with Crippen molar-refractivity contribution in [1.29, 1.82) is 0 Å². The predicted octanol–water partition coefficient (Wildman–Crippen LogP) is 7.76. The number of benzene rings is 2. The molecule has 0 spiro atoms. The van der Waals surface area contributed by atoms with Gasteiger partial charge in [0.15, 0.2) is 0 Å². The molecule has 0 heterocycles. The number of hydrogen-bond acceptors (Lipinski definition) is 3. The van der Waals surface area contributed by atoms with Crippen molar-refractivity contribution in [2.75, 3.05) is 16.4 Å². The maximum absolute atomic E-state index is 12.6. The molecule has 0 aliphatic heterocycles. The first-order chi connectivity index (χ1) is 15.8. The molecule has 0 aliphatic carbocycles. The molecule has 0 atom stereocenters. The van der Waals surface area contributed by atoms with Crippen LogP contribution in [0, 0.1) is 0 Å². The molecule has 33 heavy (non-hydrogen) atoms. The van der Waals surface area contributed by atoms with Gasteiger partial charge in [-0.25, -0.2) is 0 Å². The van der Waals surface area contributed by atoms with Gasteiger partial charge in [0.25, 0.3) is 0 Å². The summed E-state index contributed by atoms with van der Waals surface area (Å²) >= 11 is 0. The van der Waals surface area contributed by atoms with E-state index in [9.17, 15) is 18.0 Å². The highest BCUT2D eigenvalue weighted by Crippen LogP contribution is 2.29. The molecule has 0 aliphatic rings. The minimum absolute atomic E-state index is 0.0462. The highest BCUT2D eigenvalue weighted by Gasteiger charge is 2.29. The molecule has 4 N–H and O–H groups in total. The van der Waals surface area contributed by atoms with E-state index in [0.717, 1.165) is 36.2 Å². The SMILES string of the molecule is CCCCCCCCCCCC(=O)Nc1ccc(NCc2ccc(C(F)(F)F)cc2)cc1N. The number of nitrogens with one attached hydrogen (secondary N) is 2. The average Bonchev–Trinajstić information content (AvgIpc) is 2.78. The van der Waals surface area contributed by atoms with Crippen molar-refractivity contribution in [3.05, 3.63) is 53.6 Å². The molecule has 0 saturated heterocycles. The molecule has 0 fully saturated rings. The Morgan fingerprint density at radius 2 is 1.48 bits per heavy atom. The lowest BCUT2D eigenvalue weighted by molar-refractivity contribution is -0.137. The second-order valence-corrected chi connectivity index (χ2v) is 8.48. The van der Waals surface area contributed by atoms with E-state index in [1.165, 1.54) is 57.1 Å². The minimum Gasteiger partial charge on any atom is -0.397 e. The monoisotopic (exact) mass is 463 g/mol. The highest BCUT2D eigenvalue weighted by molar-refractivity contribution is 5.94.